The lowest BCUT2D eigenvalue weighted by atomic mass is 10.0. The van der Waals surface area contributed by atoms with Crippen LogP contribution < -0.4 is 15.3 Å². The zero-order valence-electron chi connectivity index (χ0n) is 14.2. The van der Waals surface area contributed by atoms with Crippen LogP contribution in [0, 0.1) is 6.92 Å². The van der Waals surface area contributed by atoms with E-state index in [9.17, 15) is 0 Å². The van der Waals surface area contributed by atoms with Gasteiger partial charge >= 0.3 is 0 Å². The van der Waals surface area contributed by atoms with Gasteiger partial charge in [0, 0.05) is 5.56 Å². The summed E-state index contributed by atoms with van der Waals surface area (Å²) in [6.45, 7) is 6.82. The molecule has 0 aliphatic rings. The monoisotopic (exact) mass is 312 g/mol. The highest BCUT2D eigenvalue weighted by Crippen LogP contribution is 2.29. The van der Waals surface area contributed by atoms with Crippen LogP contribution in [-0.2, 0) is 6.61 Å². The smallest absolute Gasteiger partial charge is 0.125 e. The molecule has 0 heterocycles. The Kier molecular flexibility index (Phi) is 5.63. The summed E-state index contributed by atoms with van der Waals surface area (Å²) in [6, 6.07) is 12.1. The van der Waals surface area contributed by atoms with Crippen molar-refractivity contribution < 1.29 is 9.47 Å². The molecule has 0 amide bonds. The Hall–Kier alpha value is -2.49. The molecule has 0 atom stereocenters. The third kappa shape index (κ3) is 4.25. The Morgan fingerprint density at radius 3 is 2.57 bits per heavy atom. The summed E-state index contributed by atoms with van der Waals surface area (Å²) in [4.78, 5) is 0. The summed E-state index contributed by atoms with van der Waals surface area (Å²) in [6.07, 6.45) is 1.61. The first kappa shape index (κ1) is 16.9. The van der Waals surface area contributed by atoms with Crippen LogP contribution in [0.4, 0.5) is 0 Å². The molecule has 23 heavy (non-hydrogen) atoms. The standard InChI is InChI=1S/C19H24N2O2/c1-13(2)17-7-5-14(3)9-19(17)23-12-16-10-15(11-21-20)6-8-18(16)22-4/h5-11,13H,12,20H2,1-4H3. The predicted molar refractivity (Wildman–Crippen MR) is 94.4 cm³/mol. The number of nitrogens with two attached hydrogens (primary N) is 1. The Bertz CT molecular complexity index is 694. The van der Waals surface area contributed by atoms with E-state index in [1.54, 1.807) is 13.3 Å². The van der Waals surface area contributed by atoms with Crippen LogP contribution in [0.3, 0.4) is 0 Å². The fraction of sp³-hybridized carbons (Fsp3) is 0.316. The predicted octanol–water partition coefficient (Wildman–Crippen LogP) is 4.00. The summed E-state index contributed by atoms with van der Waals surface area (Å²) in [5.74, 6) is 7.34. The summed E-state index contributed by atoms with van der Waals surface area (Å²) in [5.41, 5.74) is 4.26. The van der Waals surface area contributed by atoms with Gasteiger partial charge in [-0.25, -0.2) is 0 Å². The van der Waals surface area contributed by atoms with Crippen molar-refractivity contribution in [3.63, 3.8) is 0 Å². The maximum atomic E-state index is 6.09. The van der Waals surface area contributed by atoms with Crippen LogP contribution in [0.15, 0.2) is 41.5 Å². The van der Waals surface area contributed by atoms with E-state index in [0.717, 1.165) is 22.6 Å². The number of benzene rings is 2. The van der Waals surface area contributed by atoms with Gasteiger partial charge in [0.05, 0.1) is 13.3 Å². The lowest BCUT2D eigenvalue weighted by molar-refractivity contribution is 0.292. The number of methoxy groups -OCH3 is 1. The highest BCUT2D eigenvalue weighted by atomic mass is 16.5. The van der Waals surface area contributed by atoms with Crippen LogP contribution in [0.2, 0.25) is 0 Å². The number of hydrogen-bond acceptors (Lipinski definition) is 4. The highest BCUT2D eigenvalue weighted by molar-refractivity contribution is 5.80. The molecule has 0 aliphatic heterocycles. The molecular weight excluding hydrogens is 288 g/mol. The third-order valence-electron chi connectivity index (χ3n) is 3.70. The van der Waals surface area contributed by atoms with Crippen molar-refractivity contribution >= 4 is 6.21 Å². The molecule has 0 aromatic heterocycles. The molecule has 2 rings (SSSR count). The third-order valence-corrected chi connectivity index (χ3v) is 3.70. The van der Waals surface area contributed by atoms with Gasteiger partial charge in [-0.2, -0.15) is 5.10 Å². The van der Waals surface area contributed by atoms with Crippen molar-refractivity contribution in [1.29, 1.82) is 0 Å². The van der Waals surface area contributed by atoms with Gasteiger partial charge in [-0.05, 0) is 53.8 Å². The van der Waals surface area contributed by atoms with Crippen molar-refractivity contribution in [1.82, 2.24) is 0 Å². The minimum Gasteiger partial charge on any atom is -0.496 e. The van der Waals surface area contributed by atoms with Crippen LogP contribution in [0.1, 0.15) is 42.0 Å². The molecule has 2 N–H and O–H groups in total. The fourth-order valence-electron chi connectivity index (χ4n) is 2.48. The Balaban J connectivity index is 2.27. The van der Waals surface area contributed by atoms with Gasteiger partial charge < -0.3 is 15.3 Å². The lowest BCUT2D eigenvalue weighted by Crippen LogP contribution is -2.03. The van der Waals surface area contributed by atoms with Gasteiger partial charge in [-0.1, -0.05) is 26.0 Å². The first-order valence-electron chi connectivity index (χ1n) is 7.68. The molecule has 0 saturated carbocycles. The minimum absolute atomic E-state index is 0.406. The first-order chi connectivity index (χ1) is 11.0. The number of hydrazone groups is 1. The van der Waals surface area contributed by atoms with Crippen LogP contribution >= 0.6 is 0 Å². The average Bonchev–Trinajstić information content (AvgIpc) is 2.53. The van der Waals surface area contributed by atoms with Crippen molar-refractivity contribution in [2.45, 2.75) is 33.3 Å². The largest absolute Gasteiger partial charge is 0.496 e. The molecule has 4 heteroatoms. The van der Waals surface area contributed by atoms with Gasteiger partial charge in [0.2, 0.25) is 0 Å². The van der Waals surface area contributed by atoms with Crippen LogP contribution in [0.25, 0.3) is 0 Å². The molecule has 2 aromatic rings. The van der Waals surface area contributed by atoms with E-state index in [1.807, 2.05) is 18.2 Å². The van der Waals surface area contributed by atoms with E-state index in [4.69, 9.17) is 15.3 Å². The van der Waals surface area contributed by atoms with Crippen molar-refractivity contribution in [2.24, 2.45) is 10.9 Å². The first-order valence-corrected chi connectivity index (χ1v) is 7.68. The normalized spacial score (nSPS) is 11.2. The summed E-state index contributed by atoms with van der Waals surface area (Å²) in [5, 5.41) is 3.56. The molecule has 0 bridgehead atoms. The van der Waals surface area contributed by atoms with E-state index in [0.29, 0.717) is 12.5 Å². The van der Waals surface area contributed by atoms with E-state index >= 15 is 0 Å². The molecule has 0 unspecified atom stereocenters. The number of rotatable bonds is 6. The Morgan fingerprint density at radius 2 is 1.91 bits per heavy atom. The van der Waals surface area contributed by atoms with Crippen LogP contribution in [-0.4, -0.2) is 13.3 Å². The minimum atomic E-state index is 0.406. The second kappa shape index (κ2) is 7.68. The van der Waals surface area contributed by atoms with Crippen molar-refractivity contribution in [2.75, 3.05) is 7.11 Å². The zero-order valence-corrected chi connectivity index (χ0v) is 14.2. The van der Waals surface area contributed by atoms with E-state index in [2.05, 4.69) is 44.1 Å². The number of aryl methyl sites for hydroxylation is 1. The maximum Gasteiger partial charge on any atom is 0.125 e. The molecule has 4 nitrogen and oxygen atoms in total. The summed E-state index contributed by atoms with van der Waals surface area (Å²) < 4.78 is 11.5. The average molecular weight is 312 g/mol. The molecule has 0 radical (unpaired) electrons. The van der Waals surface area contributed by atoms with Crippen molar-refractivity contribution in [3.8, 4) is 11.5 Å². The molecule has 0 spiro atoms. The molecular formula is C19H24N2O2. The molecule has 0 aliphatic carbocycles. The number of nitrogens with zero attached hydrogens (tertiary/aromatic N) is 1. The second-order valence-corrected chi connectivity index (χ2v) is 5.83. The van der Waals surface area contributed by atoms with Crippen LogP contribution in [0.5, 0.6) is 11.5 Å². The maximum absolute atomic E-state index is 6.09. The van der Waals surface area contributed by atoms with Gasteiger partial charge in [0.15, 0.2) is 0 Å². The quantitative estimate of drug-likeness (QED) is 0.498. The topological polar surface area (TPSA) is 56.8 Å². The van der Waals surface area contributed by atoms with E-state index in [1.165, 1.54) is 11.1 Å². The van der Waals surface area contributed by atoms with Crippen molar-refractivity contribution in [3.05, 3.63) is 58.7 Å². The fourth-order valence-corrected chi connectivity index (χ4v) is 2.48. The molecule has 0 saturated heterocycles. The summed E-state index contributed by atoms with van der Waals surface area (Å²) in [7, 11) is 1.65. The second-order valence-electron chi connectivity index (χ2n) is 5.83. The highest BCUT2D eigenvalue weighted by Gasteiger charge is 2.10. The Morgan fingerprint density at radius 1 is 1.13 bits per heavy atom. The molecule has 2 aromatic carbocycles. The SMILES string of the molecule is COc1ccc(C=NN)cc1COc1cc(C)ccc1C(C)C. The number of hydrogen-bond donors (Lipinski definition) is 1. The number of ether oxygens (including phenoxy) is 2. The van der Waals surface area contributed by atoms with Gasteiger partial charge in [-0.3, -0.25) is 0 Å². The Labute approximate surface area is 137 Å². The molecule has 0 fully saturated rings. The molecule has 122 valence electrons. The van der Waals surface area contributed by atoms with Gasteiger partial charge in [0.25, 0.3) is 0 Å². The van der Waals surface area contributed by atoms with Gasteiger partial charge in [0.1, 0.15) is 18.1 Å². The van der Waals surface area contributed by atoms with Gasteiger partial charge in [-0.15, -0.1) is 0 Å². The lowest BCUT2D eigenvalue weighted by Gasteiger charge is -2.16. The van der Waals surface area contributed by atoms with E-state index in [-0.39, 0.29) is 0 Å². The zero-order chi connectivity index (χ0) is 16.8. The van der Waals surface area contributed by atoms with E-state index < -0.39 is 0 Å². The summed E-state index contributed by atoms with van der Waals surface area (Å²) >= 11 is 0.